The SMILES string of the molecule is COc1ccc(NC(=O)CSc2nccn(-c3ccc(C)c(F)c3)c2=O)cc1. The van der Waals surface area contributed by atoms with E-state index < -0.39 is 11.4 Å². The molecule has 0 radical (unpaired) electrons. The van der Waals surface area contributed by atoms with Crippen LogP contribution in [-0.4, -0.2) is 28.3 Å². The summed E-state index contributed by atoms with van der Waals surface area (Å²) in [6, 6.07) is 11.5. The normalized spacial score (nSPS) is 10.5. The van der Waals surface area contributed by atoms with Gasteiger partial charge in [0, 0.05) is 18.1 Å². The standard InChI is InChI=1S/C20H18FN3O3S/c1-13-3-6-15(11-17(13)21)24-10-9-22-19(20(24)26)28-12-18(25)23-14-4-7-16(27-2)8-5-14/h3-11H,12H2,1-2H3,(H,23,25). The van der Waals surface area contributed by atoms with E-state index in [1.54, 1.807) is 50.4 Å². The number of nitrogens with one attached hydrogen (secondary N) is 1. The number of thioether (sulfide) groups is 1. The summed E-state index contributed by atoms with van der Waals surface area (Å²) in [5.74, 6) is 0.0389. The van der Waals surface area contributed by atoms with Crippen molar-refractivity contribution in [3.8, 4) is 11.4 Å². The first-order valence-corrected chi connectivity index (χ1v) is 9.37. The largest absolute Gasteiger partial charge is 0.497 e. The number of amides is 1. The number of carbonyl (C=O) groups is 1. The Morgan fingerprint density at radius 2 is 2.00 bits per heavy atom. The van der Waals surface area contributed by atoms with Gasteiger partial charge in [-0.15, -0.1) is 0 Å². The van der Waals surface area contributed by atoms with E-state index in [1.165, 1.54) is 23.0 Å². The molecule has 0 aliphatic carbocycles. The molecule has 3 aromatic rings. The zero-order valence-electron chi connectivity index (χ0n) is 15.3. The number of carbonyl (C=O) groups excluding carboxylic acids is 1. The molecular weight excluding hydrogens is 381 g/mol. The number of ether oxygens (including phenoxy) is 1. The Hall–Kier alpha value is -3.13. The molecule has 3 rings (SSSR count). The molecule has 0 fully saturated rings. The highest BCUT2D eigenvalue weighted by Crippen LogP contribution is 2.17. The van der Waals surface area contributed by atoms with E-state index in [4.69, 9.17) is 4.74 Å². The third kappa shape index (κ3) is 4.58. The molecule has 0 saturated heterocycles. The van der Waals surface area contributed by atoms with Gasteiger partial charge in [-0.2, -0.15) is 0 Å². The van der Waals surface area contributed by atoms with Crippen LogP contribution in [0.3, 0.4) is 0 Å². The summed E-state index contributed by atoms with van der Waals surface area (Å²) in [6.45, 7) is 1.65. The Bertz CT molecular complexity index is 1050. The monoisotopic (exact) mass is 399 g/mol. The van der Waals surface area contributed by atoms with Crippen LogP contribution >= 0.6 is 11.8 Å². The summed E-state index contributed by atoms with van der Waals surface area (Å²) in [6.07, 6.45) is 2.91. The molecule has 1 aromatic heterocycles. The van der Waals surface area contributed by atoms with Crippen LogP contribution in [0.15, 0.2) is 64.7 Å². The fourth-order valence-electron chi connectivity index (χ4n) is 2.43. The zero-order valence-corrected chi connectivity index (χ0v) is 16.1. The van der Waals surface area contributed by atoms with Gasteiger partial charge in [-0.05, 0) is 48.9 Å². The van der Waals surface area contributed by atoms with Crippen molar-refractivity contribution in [3.63, 3.8) is 0 Å². The molecule has 144 valence electrons. The number of hydrogen-bond acceptors (Lipinski definition) is 5. The average molecular weight is 399 g/mol. The van der Waals surface area contributed by atoms with Crippen LogP contribution < -0.4 is 15.6 Å². The van der Waals surface area contributed by atoms with Crippen molar-refractivity contribution in [2.45, 2.75) is 11.9 Å². The van der Waals surface area contributed by atoms with Gasteiger partial charge < -0.3 is 10.1 Å². The van der Waals surface area contributed by atoms with Crippen molar-refractivity contribution in [2.75, 3.05) is 18.2 Å². The molecule has 0 unspecified atom stereocenters. The smallest absolute Gasteiger partial charge is 0.287 e. The van der Waals surface area contributed by atoms with E-state index in [0.717, 1.165) is 11.8 Å². The molecule has 0 bridgehead atoms. The Kier molecular flexibility index (Phi) is 6.10. The number of nitrogens with zero attached hydrogens (tertiary/aromatic N) is 2. The molecule has 0 atom stereocenters. The molecule has 0 aliphatic heterocycles. The van der Waals surface area contributed by atoms with Gasteiger partial charge in [0.15, 0.2) is 5.03 Å². The topological polar surface area (TPSA) is 73.2 Å². The van der Waals surface area contributed by atoms with Crippen molar-refractivity contribution in [2.24, 2.45) is 0 Å². The lowest BCUT2D eigenvalue weighted by molar-refractivity contribution is -0.113. The minimum absolute atomic E-state index is 0.0144. The highest BCUT2D eigenvalue weighted by molar-refractivity contribution is 7.99. The lowest BCUT2D eigenvalue weighted by Gasteiger charge is -2.09. The second-order valence-electron chi connectivity index (χ2n) is 5.91. The van der Waals surface area contributed by atoms with Crippen molar-refractivity contribution < 1.29 is 13.9 Å². The summed E-state index contributed by atoms with van der Waals surface area (Å²) < 4.78 is 20.2. The summed E-state index contributed by atoms with van der Waals surface area (Å²) >= 11 is 1.02. The Labute approximate surface area is 165 Å². The number of aromatic nitrogens is 2. The molecule has 2 aromatic carbocycles. The van der Waals surface area contributed by atoms with Crippen LogP contribution in [0.25, 0.3) is 5.69 Å². The number of methoxy groups -OCH3 is 1. The highest BCUT2D eigenvalue weighted by Gasteiger charge is 2.11. The Morgan fingerprint density at radius 3 is 2.68 bits per heavy atom. The molecule has 6 nitrogen and oxygen atoms in total. The first kappa shape index (κ1) is 19.6. The first-order chi connectivity index (χ1) is 13.5. The van der Waals surface area contributed by atoms with Gasteiger partial charge in [-0.1, -0.05) is 17.8 Å². The van der Waals surface area contributed by atoms with E-state index >= 15 is 0 Å². The fraction of sp³-hybridized carbons (Fsp3) is 0.150. The van der Waals surface area contributed by atoms with Gasteiger partial charge in [0.2, 0.25) is 5.91 Å². The van der Waals surface area contributed by atoms with E-state index in [9.17, 15) is 14.0 Å². The number of hydrogen-bond donors (Lipinski definition) is 1. The van der Waals surface area contributed by atoms with Crippen molar-refractivity contribution in [1.82, 2.24) is 9.55 Å². The summed E-state index contributed by atoms with van der Waals surface area (Å²) in [5, 5.41) is 2.90. The Balaban J connectivity index is 1.69. The van der Waals surface area contributed by atoms with Gasteiger partial charge in [0.25, 0.3) is 5.56 Å². The first-order valence-electron chi connectivity index (χ1n) is 8.39. The van der Waals surface area contributed by atoms with Crippen LogP contribution in [0, 0.1) is 12.7 Å². The van der Waals surface area contributed by atoms with Gasteiger partial charge in [-0.25, -0.2) is 9.37 Å². The third-order valence-corrected chi connectivity index (χ3v) is 4.92. The third-order valence-electron chi connectivity index (χ3n) is 3.96. The van der Waals surface area contributed by atoms with Crippen LogP contribution in [-0.2, 0) is 4.79 Å². The summed E-state index contributed by atoms with van der Waals surface area (Å²) in [5.41, 5.74) is 1.11. The molecule has 1 N–H and O–H groups in total. The second-order valence-corrected chi connectivity index (χ2v) is 6.87. The fourth-order valence-corrected chi connectivity index (χ4v) is 3.13. The van der Waals surface area contributed by atoms with Crippen LogP contribution in [0.5, 0.6) is 5.75 Å². The lowest BCUT2D eigenvalue weighted by atomic mass is 10.2. The molecular formula is C20H18FN3O3S. The van der Waals surface area contributed by atoms with E-state index in [0.29, 0.717) is 22.7 Å². The van der Waals surface area contributed by atoms with Crippen molar-refractivity contribution >= 4 is 23.4 Å². The summed E-state index contributed by atoms with van der Waals surface area (Å²) in [7, 11) is 1.56. The molecule has 8 heteroatoms. The van der Waals surface area contributed by atoms with Crippen molar-refractivity contribution in [3.05, 3.63) is 76.6 Å². The van der Waals surface area contributed by atoms with Crippen LogP contribution in [0.2, 0.25) is 0 Å². The maximum absolute atomic E-state index is 13.8. The lowest BCUT2D eigenvalue weighted by Crippen LogP contribution is -2.22. The highest BCUT2D eigenvalue weighted by atomic mass is 32.2. The molecule has 0 spiro atoms. The number of anilines is 1. The second kappa shape index (κ2) is 8.71. The minimum Gasteiger partial charge on any atom is -0.497 e. The minimum atomic E-state index is -0.409. The van der Waals surface area contributed by atoms with Gasteiger partial charge in [0.05, 0.1) is 18.6 Å². The summed E-state index contributed by atoms with van der Waals surface area (Å²) in [4.78, 5) is 28.8. The maximum atomic E-state index is 13.8. The molecule has 1 heterocycles. The van der Waals surface area contributed by atoms with Gasteiger partial charge in [-0.3, -0.25) is 14.2 Å². The molecule has 1 amide bonds. The molecule has 28 heavy (non-hydrogen) atoms. The Morgan fingerprint density at radius 1 is 1.25 bits per heavy atom. The van der Waals surface area contributed by atoms with E-state index in [-0.39, 0.29) is 16.7 Å². The van der Waals surface area contributed by atoms with Crippen LogP contribution in [0.4, 0.5) is 10.1 Å². The number of halogens is 1. The van der Waals surface area contributed by atoms with Gasteiger partial charge in [0.1, 0.15) is 11.6 Å². The zero-order chi connectivity index (χ0) is 20.1. The number of rotatable bonds is 6. The quantitative estimate of drug-likeness (QED) is 0.643. The van der Waals surface area contributed by atoms with Crippen LogP contribution in [0.1, 0.15) is 5.56 Å². The van der Waals surface area contributed by atoms with E-state index in [2.05, 4.69) is 10.3 Å². The van der Waals surface area contributed by atoms with Crippen molar-refractivity contribution in [1.29, 1.82) is 0 Å². The predicted molar refractivity (Wildman–Crippen MR) is 107 cm³/mol. The number of benzene rings is 2. The maximum Gasteiger partial charge on any atom is 0.287 e. The average Bonchev–Trinajstić information content (AvgIpc) is 2.70. The molecule has 0 aliphatic rings. The van der Waals surface area contributed by atoms with E-state index in [1.807, 2.05) is 0 Å². The molecule has 0 saturated carbocycles. The predicted octanol–water partition coefficient (Wildman–Crippen LogP) is 3.42. The number of aryl methyl sites for hydroxylation is 1. The van der Waals surface area contributed by atoms with Gasteiger partial charge >= 0.3 is 0 Å².